The zero-order valence-electron chi connectivity index (χ0n) is 23.8. The number of hydrogen-bond donors (Lipinski definition) is 4. The van der Waals surface area contributed by atoms with E-state index in [0.29, 0.717) is 51.4 Å². The molecule has 246 valence electrons. The predicted molar refractivity (Wildman–Crippen MR) is 138 cm³/mol. The molecule has 4 N–H and O–H groups in total. The van der Waals surface area contributed by atoms with Gasteiger partial charge in [0.25, 0.3) is 23.9 Å². The van der Waals surface area contributed by atoms with Crippen LogP contribution in [0.15, 0.2) is 0 Å². The van der Waals surface area contributed by atoms with Crippen LogP contribution in [0.1, 0.15) is 51.4 Å². The monoisotopic (exact) mass is 782 g/mol. The molecule has 4 aliphatic rings. The van der Waals surface area contributed by atoms with E-state index in [0.717, 1.165) is 0 Å². The largest absolute Gasteiger partial charge is 2.00 e. The first kappa shape index (κ1) is 42.9. The van der Waals surface area contributed by atoms with Crippen LogP contribution in [0.4, 0.5) is 0 Å². The second-order valence-electron chi connectivity index (χ2n) is 8.98. The van der Waals surface area contributed by atoms with Gasteiger partial charge in [-0.1, -0.05) is 25.7 Å². The fourth-order valence-corrected chi connectivity index (χ4v) is 3.91. The van der Waals surface area contributed by atoms with E-state index in [1.807, 2.05) is 0 Å². The Labute approximate surface area is 270 Å². The number of aliphatic hydroxyl groups is 4. The number of aliphatic hydroxyl groups excluding tert-OH is 4. The molecule has 8 atom stereocenters. The van der Waals surface area contributed by atoms with Gasteiger partial charge in [0.2, 0.25) is 0 Å². The number of rotatable bonds is 4. The van der Waals surface area contributed by atoms with Crippen LogP contribution in [0, 0.1) is 0 Å². The minimum atomic E-state index is -0.663. The summed E-state index contributed by atoms with van der Waals surface area (Å²) in [5.41, 5.74) is 0. The molecule has 2 radical (unpaired) electrons. The molecule has 16 nitrogen and oxygen atoms in total. The standard InChI is InChI=1S/4C6H10NO3.2Rh/c4*1-10-6(9)4-2-3-5(8)7-4;;/h4*4-5,8H,2-3H2,1H3;;/q4*-1;2*+2/t4*4-,5?;;/m0000../s1. The summed E-state index contributed by atoms with van der Waals surface area (Å²) < 4.78 is 17.8. The average Bonchev–Trinajstić information content (AvgIpc) is 3.77. The Morgan fingerprint density at radius 3 is 0.690 bits per heavy atom. The molecule has 4 unspecified atom stereocenters. The van der Waals surface area contributed by atoms with Gasteiger partial charge in [-0.05, 0) is 74.8 Å². The fraction of sp³-hybridized carbons (Fsp3) is 0.833. The Kier molecular flexibility index (Phi) is 23.7. The summed E-state index contributed by atoms with van der Waals surface area (Å²) in [6.45, 7) is 0. The van der Waals surface area contributed by atoms with Gasteiger partial charge in [-0.15, -0.1) is 0 Å². The van der Waals surface area contributed by atoms with Gasteiger partial charge in [-0.25, -0.2) is 0 Å². The van der Waals surface area contributed by atoms with E-state index >= 15 is 0 Å². The van der Waals surface area contributed by atoms with Gasteiger partial charge in [0, 0.05) is 0 Å². The zero-order chi connectivity index (χ0) is 30.2. The molecule has 0 bridgehead atoms. The van der Waals surface area contributed by atoms with Gasteiger partial charge in [0.05, 0.1) is 28.4 Å². The predicted octanol–water partition coefficient (Wildman–Crippen LogP) is 0.0506. The van der Waals surface area contributed by atoms with Gasteiger partial charge >= 0.3 is 39.0 Å². The van der Waals surface area contributed by atoms with Gasteiger partial charge in [0.15, 0.2) is 0 Å². The minimum absolute atomic E-state index is 0. The van der Waals surface area contributed by atoms with E-state index in [1.54, 1.807) is 0 Å². The maximum atomic E-state index is 10.7. The first-order valence-corrected chi connectivity index (χ1v) is 12.8. The Balaban J connectivity index is 0. The van der Waals surface area contributed by atoms with Crippen molar-refractivity contribution in [1.82, 2.24) is 0 Å². The normalized spacial score (nSPS) is 30.7. The first-order valence-electron chi connectivity index (χ1n) is 12.8. The molecular formula is C24H40N4O12Rh2. The van der Waals surface area contributed by atoms with Crippen LogP contribution in [0.3, 0.4) is 0 Å². The zero-order valence-corrected chi connectivity index (χ0v) is 27.1. The van der Waals surface area contributed by atoms with Crippen LogP contribution in [0.25, 0.3) is 21.3 Å². The smallest absolute Gasteiger partial charge is 0.625 e. The van der Waals surface area contributed by atoms with Crippen LogP contribution in [0.5, 0.6) is 0 Å². The third-order valence-corrected chi connectivity index (χ3v) is 6.09. The Morgan fingerprint density at radius 1 is 0.429 bits per heavy atom. The number of carbonyl (C=O) groups excluding carboxylic acids is 4. The molecule has 0 amide bonds. The van der Waals surface area contributed by atoms with Crippen LogP contribution in [-0.4, -0.2) is 122 Å². The summed E-state index contributed by atoms with van der Waals surface area (Å²) >= 11 is 0. The van der Waals surface area contributed by atoms with Gasteiger partial charge in [-0.2, -0.15) is 0 Å². The van der Waals surface area contributed by atoms with Crippen molar-refractivity contribution in [2.24, 2.45) is 0 Å². The summed E-state index contributed by atoms with van der Waals surface area (Å²) in [6, 6.07) is -1.72. The topological polar surface area (TPSA) is 243 Å². The number of ether oxygens (including phenoxy) is 4. The maximum absolute atomic E-state index is 10.7. The van der Waals surface area contributed by atoms with Crippen LogP contribution in [-0.2, 0) is 77.1 Å². The molecule has 0 aromatic heterocycles. The fourth-order valence-electron chi connectivity index (χ4n) is 3.91. The van der Waals surface area contributed by atoms with E-state index in [9.17, 15) is 19.2 Å². The molecule has 0 spiro atoms. The summed E-state index contributed by atoms with van der Waals surface area (Å²) in [6.07, 6.45) is 2.05. The van der Waals surface area contributed by atoms with E-state index in [-0.39, 0.29) is 62.8 Å². The summed E-state index contributed by atoms with van der Waals surface area (Å²) in [5, 5.41) is 50.4. The van der Waals surface area contributed by atoms with Crippen molar-refractivity contribution >= 4 is 23.9 Å². The van der Waals surface area contributed by atoms with Crippen molar-refractivity contribution in [3.05, 3.63) is 21.3 Å². The number of methoxy groups -OCH3 is 4. The van der Waals surface area contributed by atoms with Crippen molar-refractivity contribution in [3.63, 3.8) is 0 Å². The number of esters is 4. The molecule has 4 aliphatic heterocycles. The van der Waals surface area contributed by atoms with Crippen molar-refractivity contribution in [2.45, 2.75) is 100 Å². The first-order chi connectivity index (χ1) is 18.9. The molecule has 4 rings (SSSR count). The van der Waals surface area contributed by atoms with Crippen molar-refractivity contribution in [2.75, 3.05) is 28.4 Å². The summed E-state index contributed by atoms with van der Waals surface area (Å²) in [7, 11) is 5.29. The molecule has 4 saturated heterocycles. The Hall–Kier alpha value is -1.19. The molecule has 4 heterocycles. The van der Waals surface area contributed by atoms with Crippen molar-refractivity contribution in [1.29, 1.82) is 0 Å². The Bertz CT molecular complexity index is 687. The van der Waals surface area contributed by atoms with Crippen molar-refractivity contribution < 1.29 is 97.5 Å². The summed E-state index contributed by atoms with van der Waals surface area (Å²) in [5.74, 6) is -1.40. The van der Waals surface area contributed by atoms with Crippen LogP contribution in [0.2, 0.25) is 0 Å². The van der Waals surface area contributed by atoms with E-state index in [4.69, 9.17) is 20.4 Å². The Morgan fingerprint density at radius 2 is 0.595 bits per heavy atom. The van der Waals surface area contributed by atoms with E-state index in [2.05, 4.69) is 40.2 Å². The SMILES string of the molecule is COC(=O)[C@@H]1CCC(O)[N-]1.COC(=O)[C@@H]1CCC(O)[N-]1.COC(=O)[C@@H]1CCC(O)[N-]1.COC(=O)[C@@H]1CCC(O)[N-]1.[Rh+2].[Rh+2]. The second-order valence-corrected chi connectivity index (χ2v) is 8.98. The van der Waals surface area contributed by atoms with E-state index < -0.39 is 49.1 Å². The van der Waals surface area contributed by atoms with Gasteiger partial charge in [0.1, 0.15) is 0 Å². The average molecular weight is 782 g/mol. The van der Waals surface area contributed by atoms with E-state index in [1.165, 1.54) is 28.4 Å². The van der Waals surface area contributed by atoms with Gasteiger partial charge in [-0.3, -0.25) is 19.2 Å². The molecule has 4 fully saturated rings. The molecule has 0 aliphatic carbocycles. The third kappa shape index (κ3) is 16.0. The summed E-state index contributed by atoms with van der Waals surface area (Å²) in [4.78, 5) is 42.9. The number of hydrogen-bond acceptors (Lipinski definition) is 12. The maximum Gasteiger partial charge on any atom is 2.00 e. The van der Waals surface area contributed by atoms with Crippen LogP contribution < -0.4 is 0 Å². The third-order valence-electron chi connectivity index (χ3n) is 6.09. The molecule has 0 saturated carbocycles. The minimum Gasteiger partial charge on any atom is -0.625 e. The quantitative estimate of drug-likeness (QED) is 0.168. The molecule has 0 aromatic rings. The molecule has 18 heteroatoms. The molecule has 0 aromatic carbocycles. The molecular weight excluding hydrogens is 742 g/mol. The second kappa shape index (κ2) is 23.2. The van der Waals surface area contributed by atoms with Crippen LogP contribution >= 0.6 is 0 Å². The van der Waals surface area contributed by atoms with Crippen molar-refractivity contribution in [3.8, 4) is 0 Å². The molecule has 42 heavy (non-hydrogen) atoms. The number of nitrogens with zero attached hydrogens (tertiary/aromatic N) is 4. The van der Waals surface area contributed by atoms with Gasteiger partial charge < -0.3 is 60.6 Å². The number of carbonyl (C=O) groups is 4.